The number of rotatable bonds is 5. The lowest BCUT2D eigenvalue weighted by molar-refractivity contribution is -0.163. The Bertz CT molecular complexity index is 604. The van der Waals surface area contributed by atoms with Gasteiger partial charge in [-0.15, -0.1) is 0 Å². The van der Waals surface area contributed by atoms with Crippen LogP contribution in [0.15, 0.2) is 34.9 Å². The fourth-order valence-electron chi connectivity index (χ4n) is 1.45. The molecule has 2 aromatic rings. The Hall–Kier alpha value is -1.85. The minimum atomic E-state index is -1.27. The molecule has 0 atom stereocenters. The highest BCUT2D eigenvalue weighted by Crippen LogP contribution is 2.22. The van der Waals surface area contributed by atoms with Crippen LogP contribution in [0.2, 0.25) is 5.02 Å². The number of carboxylic acids is 1. The highest BCUT2D eigenvalue weighted by Gasteiger charge is 2.28. The van der Waals surface area contributed by atoms with Gasteiger partial charge in [-0.2, -0.15) is 0 Å². The summed E-state index contributed by atoms with van der Waals surface area (Å²) in [5.41, 5.74) is 0.239. The molecule has 6 heteroatoms. The van der Waals surface area contributed by atoms with Crippen molar-refractivity contribution in [3.63, 3.8) is 0 Å². The lowest BCUT2D eigenvalue weighted by Crippen LogP contribution is -2.34. The van der Waals surface area contributed by atoms with Crippen molar-refractivity contribution >= 4 is 17.6 Å². The van der Waals surface area contributed by atoms with Crippen LogP contribution >= 0.6 is 11.6 Å². The third kappa shape index (κ3) is 3.37. The number of hydrogen-bond donors (Lipinski definition) is 1. The van der Waals surface area contributed by atoms with Crippen LogP contribution in [-0.4, -0.2) is 21.8 Å². The number of benzene rings is 1. The number of aliphatic carboxylic acids is 1. The van der Waals surface area contributed by atoms with Gasteiger partial charge in [0.15, 0.2) is 11.4 Å². The molecule has 0 saturated heterocycles. The van der Waals surface area contributed by atoms with Crippen molar-refractivity contribution < 1.29 is 19.2 Å². The minimum absolute atomic E-state index is 0.0416. The Morgan fingerprint density at radius 3 is 2.65 bits per heavy atom. The van der Waals surface area contributed by atoms with Crippen LogP contribution in [0.25, 0.3) is 11.3 Å². The molecule has 20 heavy (non-hydrogen) atoms. The fourth-order valence-corrected chi connectivity index (χ4v) is 1.58. The van der Waals surface area contributed by atoms with Gasteiger partial charge in [-0.3, -0.25) is 0 Å². The second kappa shape index (κ2) is 5.64. The first-order valence-corrected chi connectivity index (χ1v) is 6.35. The largest absolute Gasteiger partial charge is 0.479 e. The highest BCUT2D eigenvalue weighted by atomic mass is 35.5. The Labute approximate surface area is 121 Å². The van der Waals surface area contributed by atoms with Crippen LogP contribution in [-0.2, 0) is 16.1 Å². The van der Waals surface area contributed by atoms with Crippen LogP contribution < -0.4 is 0 Å². The van der Waals surface area contributed by atoms with E-state index >= 15 is 0 Å². The summed E-state index contributed by atoms with van der Waals surface area (Å²) in [6.07, 6.45) is 0. The van der Waals surface area contributed by atoms with E-state index in [0.717, 1.165) is 5.56 Å². The maximum atomic E-state index is 10.9. The number of ether oxygens (including phenoxy) is 1. The van der Waals surface area contributed by atoms with Gasteiger partial charge in [0.05, 0.1) is 0 Å². The molecule has 1 aromatic carbocycles. The molecule has 5 nitrogen and oxygen atoms in total. The molecule has 1 aromatic heterocycles. The standard InChI is InChI=1S/C14H14ClNO4/c1-14(2,13(17)18)19-8-11-7-12(16-20-11)9-3-5-10(15)6-4-9/h3-7H,8H2,1-2H3,(H,17,18). The molecule has 1 N–H and O–H groups in total. The third-order valence-electron chi connectivity index (χ3n) is 2.79. The summed E-state index contributed by atoms with van der Waals surface area (Å²) in [6.45, 7) is 3.00. The zero-order valence-corrected chi connectivity index (χ0v) is 11.8. The number of aromatic nitrogens is 1. The molecule has 1 heterocycles. The van der Waals surface area contributed by atoms with Crippen LogP contribution in [0.4, 0.5) is 0 Å². The number of carbonyl (C=O) groups is 1. The SMILES string of the molecule is CC(C)(OCc1cc(-c2ccc(Cl)cc2)no1)C(=O)O. The molecular formula is C14H14ClNO4. The van der Waals surface area contributed by atoms with Gasteiger partial charge in [0.1, 0.15) is 12.3 Å². The van der Waals surface area contributed by atoms with E-state index < -0.39 is 11.6 Å². The van der Waals surface area contributed by atoms with Crippen LogP contribution in [0.1, 0.15) is 19.6 Å². The van der Waals surface area contributed by atoms with Crippen molar-refractivity contribution in [1.82, 2.24) is 5.16 Å². The molecule has 0 aliphatic rings. The quantitative estimate of drug-likeness (QED) is 0.915. The van der Waals surface area contributed by atoms with E-state index in [1.807, 2.05) is 12.1 Å². The molecule has 0 aliphatic heterocycles. The van der Waals surface area contributed by atoms with Crippen molar-refractivity contribution in [2.75, 3.05) is 0 Å². The molecule has 106 valence electrons. The van der Waals surface area contributed by atoms with Crippen molar-refractivity contribution in [2.24, 2.45) is 0 Å². The van der Waals surface area contributed by atoms with E-state index in [1.54, 1.807) is 18.2 Å². The summed E-state index contributed by atoms with van der Waals surface area (Å²) in [6, 6.07) is 8.88. The predicted octanol–water partition coefficient (Wildman–Crippen LogP) is 3.37. The fraction of sp³-hybridized carbons (Fsp3) is 0.286. The Morgan fingerprint density at radius 2 is 2.05 bits per heavy atom. The number of carboxylic acid groups (broad SMARTS) is 1. The summed E-state index contributed by atoms with van der Waals surface area (Å²) >= 11 is 5.81. The average molecular weight is 296 g/mol. The lowest BCUT2D eigenvalue weighted by atomic mass is 10.1. The molecule has 0 fully saturated rings. The summed E-state index contributed by atoms with van der Waals surface area (Å²) in [4.78, 5) is 10.9. The first-order valence-electron chi connectivity index (χ1n) is 5.97. The predicted molar refractivity (Wildman–Crippen MR) is 73.5 cm³/mol. The monoisotopic (exact) mass is 295 g/mol. The molecule has 0 radical (unpaired) electrons. The van der Waals surface area contributed by atoms with Gasteiger partial charge in [0, 0.05) is 16.7 Å². The van der Waals surface area contributed by atoms with Gasteiger partial charge in [0.2, 0.25) is 0 Å². The molecule has 0 unspecified atom stereocenters. The van der Waals surface area contributed by atoms with Crippen molar-refractivity contribution in [1.29, 1.82) is 0 Å². The number of halogens is 1. The Balaban J connectivity index is 2.06. The third-order valence-corrected chi connectivity index (χ3v) is 3.04. The van der Waals surface area contributed by atoms with E-state index in [2.05, 4.69) is 5.16 Å². The van der Waals surface area contributed by atoms with Gasteiger partial charge >= 0.3 is 5.97 Å². The summed E-state index contributed by atoms with van der Waals surface area (Å²) in [7, 11) is 0. The molecule has 0 spiro atoms. The molecule has 2 rings (SSSR count). The van der Waals surface area contributed by atoms with Gasteiger partial charge in [-0.1, -0.05) is 28.9 Å². The maximum Gasteiger partial charge on any atom is 0.335 e. The van der Waals surface area contributed by atoms with Crippen molar-refractivity contribution in [2.45, 2.75) is 26.1 Å². The zero-order chi connectivity index (χ0) is 14.8. The van der Waals surface area contributed by atoms with Crippen LogP contribution in [0.3, 0.4) is 0 Å². The highest BCUT2D eigenvalue weighted by molar-refractivity contribution is 6.30. The van der Waals surface area contributed by atoms with Gasteiger partial charge in [-0.05, 0) is 26.0 Å². The number of nitrogens with zero attached hydrogens (tertiary/aromatic N) is 1. The van der Waals surface area contributed by atoms with E-state index in [1.165, 1.54) is 13.8 Å². The van der Waals surface area contributed by atoms with Gasteiger partial charge in [-0.25, -0.2) is 4.79 Å². The number of hydrogen-bond acceptors (Lipinski definition) is 4. The maximum absolute atomic E-state index is 10.9. The summed E-state index contributed by atoms with van der Waals surface area (Å²) < 4.78 is 10.4. The Morgan fingerprint density at radius 1 is 1.40 bits per heavy atom. The van der Waals surface area contributed by atoms with E-state index in [-0.39, 0.29) is 6.61 Å². The molecular weight excluding hydrogens is 282 g/mol. The van der Waals surface area contributed by atoms with E-state index in [9.17, 15) is 4.79 Å². The zero-order valence-electron chi connectivity index (χ0n) is 11.1. The molecule has 0 saturated carbocycles. The second-order valence-corrected chi connectivity index (χ2v) is 5.23. The van der Waals surface area contributed by atoms with Crippen LogP contribution in [0.5, 0.6) is 0 Å². The van der Waals surface area contributed by atoms with Gasteiger partial charge < -0.3 is 14.4 Å². The minimum Gasteiger partial charge on any atom is -0.479 e. The molecule has 0 aliphatic carbocycles. The van der Waals surface area contributed by atoms with Crippen LogP contribution in [0, 0.1) is 0 Å². The molecule has 0 amide bonds. The van der Waals surface area contributed by atoms with Gasteiger partial charge in [0.25, 0.3) is 0 Å². The Kier molecular flexibility index (Phi) is 4.11. The molecule has 0 bridgehead atoms. The first kappa shape index (κ1) is 14.6. The van der Waals surface area contributed by atoms with Crippen molar-refractivity contribution in [3.05, 3.63) is 41.1 Å². The first-order chi connectivity index (χ1) is 9.38. The average Bonchev–Trinajstić information content (AvgIpc) is 2.86. The van der Waals surface area contributed by atoms with E-state index in [4.69, 9.17) is 26.0 Å². The smallest absolute Gasteiger partial charge is 0.335 e. The van der Waals surface area contributed by atoms with Crippen molar-refractivity contribution in [3.8, 4) is 11.3 Å². The van der Waals surface area contributed by atoms with E-state index in [0.29, 0.717) is 16.5 Å². The summed E-state index contributed by atoms with van der Waals surface area (Å²) in [5, 5.41) is 13.5. The topological polar surface area (TPSA) is 72.6 Å². The summed E-state index contributed by atoms with van der Waals surface area (Å²) in [5.74, 6) is -0.570. The normalized spacial score (nSPS) is 11.6. The second-order valence-electron chi connectivity index (χ2n) is 4.79. The lowest BCUT2D eigenvalue weighted by Gasteiger charge is -2.18.